The van der Waals surface area contributed by atoms with Crippen LogP contribution in [0.5, 0.6) is 0 Å². The molecule has 0 fully saturated rings. The Balaban J connectivity index is 2.40. The SMILES string of the molecule is CC(C)OCCCCNC(C)c1cccc(S(N)(=O)=O)c1. The summed E-state index contributed by atoms with van der Waals surface area (Å²) in [6.07, 6.45) is 2.30. The molecule has 1 aromatic rings. The van der Waals surface area contributed by atoms with Gasteiger partial charge in [0.1, 0.15) is 0 Å². The van der Waals surface area contributed by atoms with Crippen molar-refractivity contribution in [1.29, 1.82) is 0 Å². The summed E-state index contributed by atoms with van der Waals surface area (Å²) in [6, 6.07) is 6.82. The van der Waals surface area contributed by atoms with Gasteiger partial charge in [0.2, 0.25) is 10.0 Å². The lowest BCUT2D eigenvalue weighted by atomic mass is 10.1. The maximum atomic E-state index is 11.3. The van der Waals surface area contributed by atoms with Gasteiger partial charge < -0.3 is 10.1 Å². The molecule has 1 rings (SSSR count). The lowest BCUT2D eigenvalue weighted by molar-refractivity contribution is 0.0759. The lowest BCUT2D eigenvalue weighted by Crippen LogP contribution is -2.21. The van der Waals surface area contributed by atoms with E-state index in [0.29, 0.717) is 0 Å². The van der Waals surface area contributed by atoms with Crippen molar-refractivity contribution in [3.8, 4) is 0 Å². The zero-order valence-electron chi connectivity index (χ0n) is 13.0. The first-order chi connectivity index (χ1) is 9.80. The minimum atomic E-state index is -3.64. The normalized spacial score (nSPS) is 13.6. The molecule has 1 atom stereocenters. The summed E-state index contributed by atoms with van der Waals surface area (Å²) in [7, 11) is -3.64. The number of hydrogen-bond donors (Lipinski definition) is 2. The van der Waals surface area contributed by atoms with Gasteiger partial charge in [0.05, 0.1) is 11.0 Å². The smallest absolute Gasteiger partial charge is 0.238 e. The molecular formula is C15H26N2O3S. The molecule has 6 heteroatoms. The van der Waals surface area contributed by atoms with Crippen molar-refractivity contribution in [3.05, 3.63) is 29.8 Å². The van der Waals surface area contributed by atoms with Crippen LogP contribution < -0.4 is 10.5 Å². The molecule has 3 N–H and O–H groups in total. The molecule has 0 spiro atoms. The number of hydrogen-bond acceptors (Lipinski definition) is 4. The van der Waals surface area contributed by atoms with Crippen LogP contribution in [0.3, 0.4) is 0 Å². The summed E-state index contributed by atoms with van der Waals surface area (Å²) in [4.78, 5) is 0.152. The quantitative estimate of drug-likeness (QED) is 0.685. The number of sulfonamides is 1. The largest absolute Gasteiger partial charge is 0.379 e. The zero-order valence-corrected chi connectivity index (χ0v) is 13.8. The number of nitrogens with two attached hydrogens (primary N) is 1. The summed E-state index contributed by atoms with van der Waals surface area (Å²) in [6.45, 7) is 7.70. The van der Waals surface area contributed by atoms with E-state index in [1.54, 1.807) is 12.1 Å². The maximum absolute atomic E-state index is 11.3. The molecule has 0 radical (unpaired) electrons. The second kappa shape index (κ2) is 8.48. The van der Waals surface area contributed by atoms with E-state index in [9.17, 15) is 8.42 Å². The number of ether oxygens (including phenoxy) is 1. The highest BCUT2D eigenvalue weighted by Gasteiger charge is 2.11. The summed E-state index contributed by atoms with van der Waals surface area (Å²) in [5, 5.41) is 8.52. The number of unbranched alkanes of at least 4 members (excludes halogenated alkanes) is 1. The first kappa shape index (κ1) is 18.1. The minimum absolute atomic E-state index is 0.0812. The Kier molecular flexibility index (Phi) is 7.31. The number of benzene rings is 1. The molecule has 21 heavy (non-hydrogen) atoms. The summed E-state index contributed by atoms with van der Waals surface area (Å²) >= 11 is 0. The van der Waals surface area contributed by atoms with Crippen LogP contribution in [0.1, 0.15) is 45.2 Å². The molecule has 0 heterocycles. The maximum Gasteiger partial charge on any atom is 0.238 e. The molecule has 0 aromatic heterocycles. The number of rotatable bonds is 9. The number of primary sulfonamides is 1. The standard InChI is InChI=1S/C15H26N2O3S/c1-12(2)20-10-5-4-9-17-13(3)14-7-6-8-15(11-14)21(16,18)19/h6-8,11-13,17H,4-5,9-10H2,1-3H3,(H2,16,18,19). The molecular weight excluding hydrogens is 288 g/mol. The third-order valence-electron chi connectivity index (χ3n) is 3.16. The van der Waals surface area contributed by atoms with Crippen molar-refractivity contribution in [1.82, 2.24) is 5.32 Å². The Bertz CT molecular complexity index is 529. The van der Waals surface area contributed by atoms with Gasteiger partial charge in [0.25, 0.3) is 0 Å². The van der Waals surface area contributed by atoms with Crippen LogP contribution in [-0.4, -0.2) is 27.7 Å². The molecule has 1 unspecified atom stereocenters. The monoisotopic (exact) mass is 314 g/mol. The molecule has 0 aliphatic carbocycles. The van der Waals surface area contributed by atoms with Crippen LogP contribution in [0.15, 0.2) is 29.2 Å². The first-order valence-corrected chi connectivity index (χ1v) is 8.83. The van der Waals surface area contributed by atoms with E-state index in [0.717, 1.165) is 31.6 Å². The molecule has 5 nitrogen and oxygen atoms in total. The molecule has 0 saturated heterocycles. The van der Waals surface area contributed by atoms with Crippen LogP contribution in [0, 0.1) is 0 Å². The molecule has 120 valence electrons. The average Bonchev–Trinajstić information content (AvgIpc) is 2.41. The third-order valence-corrected chi connectivity index (χ3v) is 4.07. The van der Waals surface area contributed by atoms with E-state index in [1.807, 2.05) is 26.8 Å². The van der Waals surface area contributed by atoms with Gasteiger partial charge in [-0.2, -0.15) is 0 Å². The van der Waals surface area contributed by atoms with Crippen LogP contribution in [0.4, 0.5) is 0 Å². The van der Waals surface area contributed by atoms with Gasteiger partial charge in [-0.15, -0.1) is 0 Å². The van der Waals surface area contributed by atoms with Gasteiger partial charge in [0.15, 0.2) is 0 Å². The minimum Gasteiger partial charge on any atom is -0.379 e. The van der Waals surface area contributed by atoms with Gasteiger partial charge >= 0.3 is 0 Å². The van der Waals surface area contributed by atoms with E-state index in [4.69, 9.17) is 9.88 Å². The van der Waals surface area contributed by atoms with Crippen LogP contribution in [-0.2, 0) is 14.8 Å². The predicted octanol–water partition coefficient (Wildman–Crippen LogP) is 2.19. The van der Waals surface area contributed by atoms with Gasteiger partial charge in [-0.05, 0) is 57.9 Å². The van der Waals surface area contributed by atoms with E-state index >= 15 is 0 Å². The summed E-state index contributed by atoms with van der Waals surface area (Å²) in [5.41, 5.74) is 0.917. The molecule has 0 saturated carbocycles. The lowest BCUT2D eigenvalue weighted by Gasteiger charge is -2.15. The highest BCUT2D eigenvalue weighted by Crippen LogP contribution is 2.16. The van der Waals surface area contributed by atoms with Crippen molar-refractivity contribution >= 4 is 10.0 Å². The van der Waals surface area contributed by atoms with Crippen molar-refractivity contribution < 1.29 is 13.2 Å². The Morgan fingerprint density at radius 2 is 1.95 bits per heavy atom. The van der Waals surface area contributed by atoms with Crippen molar-refractivity contribution in [2.24, 2.45) is 5.14 Å². The Morgan fingerprint density at radius 1 is 1.24 bits per heavy atom. The third kappa shape index (κ3) is 7.04. The summed E-state index contributed by atoms with van der Waals surface area (Å²) < 4.78 is 28.2. The Hall–Kier alpha value is -0.950. The Labute approximate surface area is 127 Å². The zero-order chi connectivity index (χ0) is 15.9. The van der Waals surface area contributed by atoms with E-state index < -0.39 is 10.0 Å². The van der Waals surface area contributed by atoms with E-state index in [1.165, 1.54) is 6.07 Å². The van der Waals surface area contributed by atoms with Crippen molar-refractivity contribution in [3.63, 3.8) is 0 Å². The van der Waals surface area contributed by atoms with E-state index in [-0.39, 0.29) is 17.0 Å². The van der Waals surface area contributed by atoms with Crippen LogP contribution >= 0.6 is 0 Å². The van der Waals surface area contributed by atoms with Crippen LogP contribution in [0.25, 0.3) is 0 Å². The average molecular weight is 314 g/mol. The second-order valence-corrected chi connectivity index (χ2v) is 6.98. The molecule has 0 aliphatic heterocycles. The summed E-state index contributed by atoms with van der Waals surface area (Å²) in [5.74, 6) is 0. The predicted molar refractivity (Wildman–Crippen MR) is 84.6 cm³/mol. The van der Waals surface area contributed by atoms with Crippen molar-refractivity contribution in [2.45, 2.75) is 50.7 Å². The molecule has 1 aromatic carbocycles. The first-order valence-electron chi connectivity index (χ1n) is 7.28. The second-order valence-electron chi connectivity index (χ2n) is 5.42. The fraction of sp³-hybridized carbons (Fsp3) is 0.600. The molecule has 0 aliphatic rings. The Morgan fingerprint density at radius 3 is 2.57 bits per heavy atom. The van der Waals surface area contributed by atoms with Crippen LogP contribution in [0.2, 0.25) is 0 Å². The number of nitrogens with one attached hydrogen (secondary N) is 1. The molecule has 0 amide bonds. The van der Waals surface area contributed by atoms with Gasteiger partial charge in [0, 0.05) is 12.6 Å². The highest BCUT2D eigenvalue weighted by molar-refractivity contribution is 7.89. The van der Waals surface area contributed by atoms with Gasteiger partial charge in [-0.25, -0.2) is 13.6 Å². The fourth-order valence-corrected chi connectivity index (χ4v) is 2.51. The van der Waals surface area contributed by atoms with Crippen molar-refractivity contribution in [2.75, 3.05) is 13.2 Å². The molecule has 0 bridgehead atoms. The van der Waals surface area contributed by atoms with Gasteiger partial charge in [-0.3, -0.25) is 0 Å². The van der Waals surface area contributed by atoms with E-state index in [2.05, 4.69) is 5.32 Å². The van der Waals surface area contributed by atoms with Gasteiger partial charge in [-0.1, -0.05) is 12.1 Å². The fourth-order valence-electron chi connectivity index (χ4n) is 1.94. The topological polar surface area (TPSA) is 81.4 Å². The highest BCUT2D eigenvalue weighted by atomic mass is 32.2.